The third kappa shape index (κ3) is 9.89. The summed E-state index contributed by atoms with van der Waals surface area (Å²) in [6.07, 6.45) is 3.65. The SMILES string of the molecule is CS(=O)(=O)O.Cc1ncc(COS(C)(=O)=O)c(C2CCN(C(=O)O)C(C(C)(C)C)C2)n1. The van der Waals surface area contributed by atoms with E-state index >= 15 is 0 Å². The zero-order valence-corrected chi connectivity index (χ0v) is 20.2. The first-order chi connectivity index (χ1) is 13.9. The van der Waals surface area contributed by atoms with E-state index < -0.39 is 26.3 Å². The Morgan fingerprint density at radius 2 is 1.81 bits per heavy atom. The Morgan fingerprint density at radius 3 is 2.26 bits per heavy atom. The van der Waals surface area contributed by atoms with Crippen LogP contribution in [0.1, 0.15) is 56.6 Å². The van der Waals surface area contributed by atoms with Gasteiger partial charge in [0.1, 0.15) is 5.82 Å². The van der Waals surface area contributed by atoms with E-state index in [9.17, 15) is 26.7 Å². The van der Waals surface area contributed by atoms with Gasteiger partial charge in [0.2, 0.25) is 0 Å². The summed E-state index contributed by atoms with van der Waals surface area (Å²) in [5.41, 5.74) is 1.16. The summed E-state index contributed by atoms with van der Waals surface area (Å²) < 4.78 is 53.4. The fraction of sp³-hybridized carbons (Fsp3) is 0.722. The largest absolute Gasteiger partial charge is 0.465 e. The van der Waals surface area contributed by atoms with Crippen molar-refractivity contribution in [2.24, 2.45) is 5.41 Å². The van der Waals surface area contributed by atoms with Gasteiger partial charge in [0.25, 0.3) is 20.2 Å². The number of aromatic nitrogens is 2. The summed E-state index contributed by atoms with van der Waals surface area (Å²) in [6, 6.07) is -0.155. The summed E-state index contributed by atoms with van der Waals surface area (Å²) in [5.74, 6) is 0.616. The molecule has 1 fully saturated rings. The molecule has 2 unspecified atom stereocenters. The molecule has 1 aliphatic heterocycles. The second kappa shape index (κ2) is 10.2. The van der Waals surface area contributed by atoms with Crippen LogP contribution in [-0.4, -0.2) is 72.6 Å². The topological polar surface area (TPSA) is 164 Å². The Balaban J connectivity index is 0.000000861. The Labute approximate surface area is 183 Å². The van der Waals surface area contributed by atoms with Gasteiger partial charge in [-0.2, -0.15) is 16.8 Å². The van der Waals surface area contributed by atoms with Crippen LogP contribution in [0.4, 0.5) is 4.79 Å². The zero-order valence-electron chi connectivity index (χ0n) is 18.6. The van der Waals surface area contributed by atoms with E-state index in [4.69, 9.17) is 8.74 Å². The quantitative estimate of drug-likeness (QED) is 0.480. The molecule has 0 saturated carbocycles. The third-order valence-corrected chi connectivity index (χ3v) is 5.23. The number of hydrogen-bond acceptors (Lipinski definition) is 8. The van der Waals surface area contributed by atoms with Crippen LogP contribution in [0.3, 0.4) is 0 Å². The predicted molar refractivity (Wildman–Crippen MR) is 114 cm³/mol. The highest BCUT2D eigenvalue weighted by atomic mass is 32.2. The second-order valence-corrected chi connectivity index (χ2v) is 11.7. The lowest BCUT2D eigenvalue weighted by Gasteiger charge is -2.44. The summed E-state index contributed by atoms with van der Waals surface area (Å²) in [5, 5.41) is 9.51. The fourth-order valence-electron chi connectivity index (χ4n) is 3.41. The highest BCUT2D eigenvalue weighted by Crippen LogP contribution is 2.39. The molecular weight excluding hydrogens is 450 g/mol. The molecular formula is C18H31N3O8S2. The van der Waals surface area contributed by atoms with Gasteiger partial charge in [0, 0.05) is 30.3 Å². The van der Waals surface area contributed by atoms with Gasteiger partial charge in [-0.3, -0.25) is 8.74 Å². The Kier molecular flexibility index (Phi) is 8.94. The molecule has 1 aromatic rings. The highest BCUT2D eigenvalue weighted by Gasteiger charge is 2.40. The number of carbonyl (C=O) groups is 1. The Hall–Kier alpha value is -1.83. The Bertz CT molecular complexity index is 980. The number of aryl methyl sites for hydroxylation is 1. The number of likely N-dealkylation sites (tertiary alicyclic amines) is 1. The summed E-state index contributed by atoms with van der Waals surface area (Å²) in [7, 11) is -7.24. The van der Waals surface area contributed by atoms with Crippen molar-refractivity contribution in [2.75, 3.05) is 19.1 Å². The van der Waals surface area contributed by atoms with Crippen LogP contribution in [0, 0.1) is 12.3 Å². The second-order valence-electron chi connectivity index (χ2n) is 8.61. The number of rotatable bonds is 4. The number of carboxylic acid groups (broad SMARTS) is 1. The molecule has 0 radical (unpaired) electrons. The minimum Gasteiger partial charge on any atom is -0.465 e. The van der Waals surface area contributed by atoms with Gasteiger partial charge in [-0.15, -0.1) is 0 Å². The van der Waals surface area contributed by atoms with Gasteiger partial charge >= 0.3 is 6.09 Å². The zero-order chi connectivity index (χ0) is 24.2. The van der Waals surface area contributed by atoms with Gasteiger partial charge in [-0.05, 0) is 25.2 Å². The smallest absolute Gasteiger partial charge is 0.407 e. The fourth-order valence-corrected chi connectivity index (χ4v) is 3.75. The molecule has 1 saturated heterocycles. The van der Waals surface area contributed by atoms with E-state index in [0.29, 0.717) is 37.0 Å². The molecule has 31 heavy (non-hydrogen) atoms. The van der Waals surface area contributed by atoms with E-state index in [2.05, 4.69) is 9.97 Å². The van der Waals surface area contributed by atoms with Crippen LogP contribution >= 0.6 is 0 Å². The van der Waals surface area contributed by atoms with Crippen molar-refractivity contribution in [1.29, 1.82) is 0 Å². The minimum absolute atomic E-state index is 0.0229. The van der Waals surface area contributed by atoms with E-state index in [-0.39, 0.29) is 24.0 Å². The molecule has 11 nitrogen and oxygen atoms in total. The highest BCUT2D eigenvalue weighted by molar-refractivity contribution is 7.86. The van der Waals surface area contributed by atoms with Crippen molar-refractivity contribution in [2.45, 2.75) is 59.1 Å². The van der Waals surface area contributed by atoms with Gasteiger partial charge in [-0.1, -0.05) is 20.8 Å². The first kappa shape index (κ1) is 27.2. The molecule has 1 amide bonds. The summed E-state index contributed by atoms with van der Waals surface area (Å²) >= 11 is 0. The van der Waals surface area contributed by atoms with Gasteiger partial charge in [0.05, 0.1) is 24.8 Å². The molecule has 1 aromatic heterocycles. The number of piperidine rings is 1. The lowest BCUT2D eigenvalue weighted by atomic mass is 9.75. The predicted octanol–water partition coefficient (Wildman–Crippen LogP) is 2.04. The van der Waals surface area contributed by atoms with Crippen LogP contribution < -0.4 is 0 Å². The van der Waals surface area contributed by atoms with Gasteiger partial charge in [-0.25, -0.2) is 14.8 Å². The molecule has 2 N–H and O–H groups in total. The molecule has 2 rings (SSSR count). The molecule has 2 heterocycles. The lowest BCUT2D eigenvalue weighted by Crippen LogP contribution is -2.51. The average Bonchev–Trinajstić information content (AvgIpc) is 2.57. The van der Waals surface area contributed by atoms with E-state index in [1.54, 1.807) is 13.1 Å². The molecule has 0 aromatic carbocycles. The first-order valence-corrected chi connectivity index (χ1v) is 13.1. The number of amides is 1. The van der Waals surface area contributed by atoms with Gasteiger partial charge < -0.3 is 10.0 Å². The average molecular weight is 482 g/mol. The summed E-state index contributed by atoms with van der Waals surface area (Å²) in [4.78, 5) is 21.8. The standard InChI is InChI=1S/C17H27N3O5S.CH4O3S/c1-11-18-9-13(10-25-26(5,23)24)15(19-11)12-6-7-20(16(21)22)14(8-12)17(2,3)4;1-5(2,3)4/h9,12,14H,6-8,10H2,1-5H3,(H,21,22);1H3,(H,2,3,4). The van der Waals surface area contributed by atoms with Gasteiger partial charge in [0.15, 0.2) is 0 Å². The third-order valence-electron chi connectivity index (χ3n) is 4.68. The maximum atomic E-state index is 11.6. The maximum Gasteiger partial charge on any atom is 0.407 e. The van der Waals surface area contributed by atoms with E-state index in [1.807, 2.05) is 20.8 Å². The minimum atomic E-state index is -3.67. The number of nitrogens with zero attached hydrogens (tertiary/aromatic N) is 3. The van der Waals surface area contributed by atoms with Crippen molar-refractivity contribution in [3.8, 4) is 0 Å². The molecule has 0 aliphatic carbocycles. The van der Waals surface area contributed by atoms with Crippen LogP contribution in [0.2, 0.25) is 0 Å². The van der Waals surface area contributed by atoms with Crippen LogP contribution in [0.15, 0.2) is 6.20 Å². The van der Waals surface area contributed by atoms with Crippen molar-refractivity contribution in [1.82, 2.24) is 14.9 Å². The normalized spacial score (nSPS) is 20.0. The van der Waals surface area contributed by atoms with Crippen molar-refractivity contribution in [3.63, 3.8) is 0 Å². The Morgan fingerprint density at radius 1 is 1.26 bits per heavy atom. The number of hydrogen-bond donors (Lipinski definition) is 2. The first-order valence-electron chi connectivity index (χ1n) is 9.47. The van der Waals surface area contributed by atoms with Crippen molar-refractivity contribution >= 4 is 26.3 Å². The molecule has 0 bridgehead atoms. The molecule has 0 spiro atoms. The maximum absolute atomic E-state index is 11.6. The van der Waals surface area contributed by atoms with Crippen molar-refractivity contribution < 1.29 is 35.5 Å². The van der Waals surface area contributed by atoms with Crippen LogP contribution in [0.5, 0.6) is 0 Å². The van der Waals surface area contributed by atoms with Crippen LogP contribution in [0.25, 0.3) is 0 Å². The van der Waals surface area contributed by atoms with E-state index in [0.717, 1.165) is 11.9 Å². The van der Waals surface area contributed by atoms with Crippen molar-refractivity contribution in [3.05, 3.63) is 23.3 Å². The molecule has 178 valence electrons. The van der Waals surface area contributed by atoms with Crippen LogP contribution in [-0.2, 0) is 31.0 Å². The molecule has 13 heteroatoms. The molecule has 2 atom stereocenters. The van der Waals surface area contributed by atoms with E-state index in [1.165, 1.54) is 4.90 Å². The summed E-state index contributed by atoms with van der Waals surface area (Å²) in [6.45, 7) is 8.14. The molecule has 1 aliphatic rings. The monoisotopic (exact) mass is 481 g/mol. The lowest BCUT2D eigenvalue weighted by molar-refractivity contribution is 0.0518.